The molecular formula is C23H24FN5O2. The van der Waals surface area contributed by atoms with Gasteiger partial charge in [0.2, 0.25) is 5.95 Å². The van der Waals surface area contributed by atoms with Gasteiger partial charge in [0.25, 0.3) is 0 Å². The summed E-state index contributed by atoms with van der Waals surface area (Å²) in [7, 11) is 0. The van der Waals surface area contributed by atoms with E-state index in [1.54, 1.807) is 43.0 Å². The molecule has 0 bridgehead atoms. The summed E-state index contributed by atoms with van der Waals surface area (Å²) in [6, 6.07) is 7.80. The van der Waals surface area contributed by atoms with Gasteiger partial charge in [-0.2, -0.15) is 0 Å². The lowest BCUT2D eigenvalue weighted by Crippen LogP contribution is -2.49. The number of rotatable bonds is 6. The van der Waals surface area contributed by atoms with Gasteiger partial charge in [-0.05, 0) is 49.7 Å². The number of nitrogens with zero attached hydrogens (tertiary/aromatic N) is 4. The third-order valence-electron chi connectivity index (χ3n) is 5.05. The van der Waals surface area contributed by atoms with E-state index >= 15 is 0 Å². The van der Waals surface area contributed by atoms with E-state index < -0.39 is 0 Å². The Balaban J connectivity index is 1.45. The first-order chi connectivity index (χ1) is 14.9. The van der Waals surface area contributed by atoms with E-state index in [0.29, 0.717) is 42.6 Å². The molecule has 1 aromatic carbocycles. The first-order valence-corrected chi connectivity index (χ1v) is 10.1. The number of aromatic nitrogens is 3. The van der Waals surface area contributed by atoms with Crippen LogP contribution in [0, 0.1) is 5.82 Å². The number of Topliss-reactive ketones (excluding diaryl/α,β-unsaturated/α-hetero) is 1. The summed E-state index contributed by atoms with van der Waals surface area (Å²) in [5, 5.41) is 3.19. The van der Waals surface area contributed by atoms with Gasteiger partial charge in [0, 0.05) is 43.8 Å². The predicted molar refractivity (Wildman–Crippen MR) is 116 cm³/mol. The van der Waals surface area contributed by atoms with E-state index in [-0.39, 0.29) is 23.6 Å². The number of anilines is 3. The number of benzene rings is 1. The molecule has 8 heteroatoms. The van der Waals surface area contributed by atoms with Gasteiger partial charge in [0.15, 0.2) is 5.78 Å². The molecule has 0 saturated carbocycles. The van der Waals surface area contributed by atoms with Crippen LogP contribution in [0.2, 0.25) is 0 Å². The van der Waals surface area contributed by atoms with Crippen LogP contribution in [0.25, 0.3) is 0 Å². The molecule has 1 saturated heterocycles. The van der Waals surface area contributed by atoms with Gasteiger partial charge in [-0.15, -0.1) is 0 Å². The minimum Gasteiger partial charge on any atom is -0.372 e. The monoisotopic (exact) mass is 421 g/mol. The fourth-order valence-electron chi connectivity index (χ4n) is 3.47. The third-order valence-corrected chi connectivity index (χ3v) is 5.05. The van der Waals surface area contributed by atoms with Gasteiger partial charge in [-0.25, -0.2) is 14.4 Å². The van der Waals surface area contributed by atoms with Crippen molar-refractivity contribution in [1.29, 1.82) is 0 Å². The molecule has 1 N–H and O–H groups in total. The van der Waals surface area contributed by atoms with Crippen LogP contribution in [0.15, 0.2) is 55.1 Å². The van der Waals surface area contributed by atoms with Crippen LogP contribution < -0.4 is 10.2 Å². The fraction of sp³-hybridized carbons (Fsp3) is 0.304. The number of carbonyl (C=O) groups is 1. The zero-order chi connectivity index (χ0) is 21.8. The van der Waals surface area contributed by atoms with Crippen LogP contribution in [-0.2, 0) is 11.2 Å². The van der Waals surface area contributed by atoms with Crippen LogP contribution >= 0.6 is 0 Å². The van der Waals surface area contributed by atoms with Crippen molar-refractivity contribution in [3.8, 4) is 0 Å². The Morgan fingerprint density at radius 3 is 2.61 bits per heavy atom. The van der Waals surface area contributed by atoms with Crippen LogP contribution in [-0.4, -0.2) is 46.0 Å². The second kappa shape index (κ2) is 8.77. The highest BCUT2D eigenvalue weighted by molar-refractivity contribution is 5.97. The Hall–Kier alpha value is -3.39. The second-order valence-electron chi connectivity index (χ2n) is 8.07. The van der Waals surface area contributed by atoms with E-state index in [4.69, 9.17) is 4.74 Å². The van der Waals surface area contributed by atoms with Gasteiger partial charge >= 0.3 is 0 Å². The van der Waals surface area contributed by atoms with Crippen molar-refractivity contribution in [2.24, 2.45) is 0 Å². The number of carbonyl (C=O) groups excluding carboxylic acids is 1. The average molecular weight is 421 g/mol. The number of ether oxygens (including phenoxy) is 1. The average Bonchev–Trinajstić information content (AvgIpc) is 2.76. The molecule has 0 amide bonds. The van der Waals surface area contributed by atoms with Gasteiger partial charge in [0.1, 0.15) is 5.82 Å². The number of pyridine rings is 1. The summed E-state index contributed by atoms with van der Waals surface area (Å²) in [4.78, 5) is 27.8. The summed E-state index contributed by atoms with van der Waals surface area (Å²) in [5.74, 6) is 0.189. The normalized spacial score (nSPS) is 15.5. The van der Waals surface area contributed by atoms with Gasteiger partial charge in [-0.3, -0.25) is 9.78 Å². The van der Waals surface area contributed by atoms with Crippen LogP contribution in [0.5, 0.6) is 0 Å². The predicted octanol–water partition coefficient (Wildman–Crippen LogP) is 3.79. The van der Waals surface area contributed by atoms with Gasteiger partial charge in [-0.1, -0.05) is 0 Å². The molecule has 7 nitrogen and oxygen atoms in total. The Bertz CT molecular complexity index is 1050. The second-order valence-corrected chi connectivity index (χ2v) is 8.07. The van der Waals surface area contributed by atoms with Crippen LogP contribution in [0.1, 0.15) is 29.8 Å². The van der Waals surface area contributed by atoms with Crippen molar-refractivity contribution in [3.63, 3.8) is 0 Å². The van der Waals surface area contributed by atoms with E-state index in [1.165, 1.54) is 12.1 Å². The highest BCUT2D eigenvalue weighted by Gasteiger charge is 2.28. The Morgan fingerprint density at radius 2 is 1.90 bits per heavy atom. The summed E-state index contributed by atoms with van der Waals surface area (Å²) in [5.41, 5.74) is 2.37. The lowest BCUT2D eigenvalue weighted by atomic mass is 10.0. The topological polar surface area (TPSA) is 80.2 Å². The summed E-state index contributed by atoms with van der Waals surface area (Å²) < 4.78 is 18.9. The van der Waals surface area contributed by atoms with E-state index in [9.17, 15) is 9.18 Å². The maximum atomic E-state index is 13.1. The highest BCUT2D eigenvalue weighted by Crippen LogP contribution is 2.23. The molecular weight excluding hydrogens is 397 g/mol. The van der Waals surface area contributed by atoms with Crippen molar-refractivity contribution in [3.05, 3.63) is 72.1 Å². The zero-order valence-electron chi connectivity index (χ0n) is 17.5. The van der Waals surface area contributed by atoms with Crippen molar-refractivity contribution < 1.29 is 13.9 Å². The lowest BCUT2D eigenvalue weighted by molar-refractivity contribution is -0.0281. The SMILES string of the molecule is CC1(C)CN(c2ncc(C(=O)Cc3ccncc3Nc3ccc(F)cc3)cn2)CCO1. The van der Waals surface area contributed by atoms with E-state index in [1.807, 2.05) is 13.8 Å². The minimum absolute atomic E-state index is 0.0952. The Morgan fingerprint density at radius 1 is 1.16 bits per heavy atom. The first-order valence-electron chi connectivity index (χ1n) is 10.1. The summed E-state index contributed by atoms with van der Waals surface area (Å²) >= 11 is 0. The molecule has 3 heterocycles. The van der Waals surface area contributed by atoms with Gasteiger partial charge < -0.3 is 15.0 Å². The summed E-state index contributed by atoms with van der Waals surface area (Å²) in [6.45, 7) is 6.08. The molecule has 1 aliphatic rings. The van der Waals surface area contributed by atoms with E-state index in [0.717, 1.165) is 5.56 Å². The van der Waals surface area contributed by atoms with Crippen LogP contribution in [0.4, 0.5) is 21.7 Å². The van der Waals surface area contributed by atoms with E-state index in [2.05, 4.69) is 25.2 Å². The molecule has 1 aliphatic heterocycles. The molecule has 0 spiro atoms. The van der Waals surface area contributed by atoms with Crippen molar-refractivity contribution in [1.82, 2.24) is 15.0 Å². The Labute approximate surface area is 180 Å². The smallest absolute Gasteiger partial charge is 0.225 e. The van der Waals surface area contributed by atoms with Crippen LogP contribution in [0.3, 0.4) is 0 Å². The molecule has 4 rings (SSSR count). The molecule has 0 aliphatic carbocycles. The maximum absolute atomic E-state index is 13.1. The third kappa shape index (κ3) is 5.21. The number of morpholine rings is 1. The standard InChI is InChI=1S/C23H24FN5O2/c1-23(2)15-29(9-10-31-23)22-26-12-17(13-27-22)21(30)11-16-7-8-25-14-20(16)28-19-5-3-18(24)4-6-19/h3-8,12-14,28H,9-11,15H2,1-2H3. The van der Waals surface area contributed by atoms with Crippen molar-refractivity contribution >= 4 is 23.1 Å². The molecule has 31 heavy (non-hydrogen) atoms. The summed E-state index contributed by atoms with van der Waals surface area (Å²) in [6.07, 6.45) is 6.59. The minimum atomic E-state index is -0.309. The zero-order valence-corrected chi connectivity index (χ0v) is 17.5. The molecule has 0 radical (unpaired) electrons. The largest absolute Gasteiger partial charge is 0.372 e. The number of halogens is 1. The molecule has 1 fully saturated rings. The molecule has 0 atom stereocenters. The Kier molecular flexibility index (Phi) is 5.90. The number of ketones is 1. The molecule has 160 valence electrons. The van der Waals surface area contributed by atoms with Crippen molar-refractivity contribution in [2.45, 2.75) is 25.9 Å². The lowest BCUT2D eigenvalue weighted by Gasteiger charge is -2.38. The fourth-order valence-corrected chi connectivity index (χ4v) is 3.47. The number of nitrogens with one attached hydrogen (secondary N) is 1. The molecule has 3 aromatic rings. The molecule has 0 unspecified atom stereocenters. The quantitative estimate of drug-likeness (QED) is 0.607. The number of hydrogen-bond donors (Lipinski definition) is 1. The molecule has 2 aromatic heterocycles. The highest BCUT2D eigenvalue weighted by atomic mass is 19.1. The first kappa shape index (κ1) is 20.9. The van der Waals surface area contributed by atoms with Gasteiger partial charge in [0.05, 0.1) is 29.7 Å². The number of hydrogen-bond acceptors (Lipinski definition) is 7. The maximum Gasteiger partial charge on any atom is 0.225 e. The van der Waals surface area contributed by atoms with Crippen molar-refractivity contribution in [2.75, 3.05) is 29.9 Å².